The summed E-state index contributed by atoms with van der Waals surface area (Å²) in [4.78, 5) is 0. The molecular weight excluding hydrogens is 232 g/mol. The molecule has 1 heterocycles. The highest BCUT2D eigenvalue weighted by molar-refractivity contribution is 5.44. The van der Waals surface area contributed by atoms with Gasteiger partial charge in [-0.25, -0.2) is 0 Å². The fraction of sp³-hybridized carbons (Fsp3) is 0.571. The molecule has 18 heavy (non-hydrogen) atoms. The van der Waals surface area contributed by atoms with Gasteiger partial charge in [0.25, 0.3) is 0 Å². The minimum absolute atomic E-state index is 0.337. The first kappa shape index (κ1) is 13.5. The largest absolute Gasteiger partial charge is 0.388 e. The molecule has 1 saturated heterocycles. The molecular formula is C14H20O4. The summed E-state index contributed by atoms with van der Waals surface area (Å²) in [6.45, 7) is 2.94. The van der Waals surface area contributed by atoms with Crippen molar-refractivity contribution in [1.29, 1.82) is 0 Å². The average Bonchev–Trinajstić information content (AvgIpc) is 3.17. The summed E-state index contributed by atoms with van der Waals surface area (Å²) >= 11 is 0. The summed E-state index contributed by atoms with van der Waals surface area (Å²) in [6, 6.07) is 8.53. The number of hydrogen-bond acceptors (Lipinski definition) is 4. The van der Waals surface area contributed by atoms with Crippen molar-refractivity contribution in [2.24, 2.45) is 0 Å². The van der Waals surface area contributed by atoms with E-state index in [1.807, 2.05) is 0 Å². The molecule has 1 N–H and O–H groups in total. The third kappa shape index (κ3) is 5.14. The van der Waals surface area contributed by atoms with E-state index in [0.717, 1.165) is 0 Å². The zero-order valence-corrected chi connectivity index (χ0v) is 10.5. The molecule has 0 unspecified atom stereocenters. The van der Waals surface area contributed by atoms with Crippen molar-refractivity contribution >= 4 is 0 Å². The maximum Gasteiger partial charge on any atom is 0.101 e. The highest BCUT2D eigenvalue weighted by Crippen LogP contribution is 2.25. The molecule has 4 heteroatoms. The van der Waals surface area contributed by atoms with Gasteiger partial charge in [0.2, 0.25) is 0 Å². The van der Waals surface area contributed by atoms with Gasteiger partial charge in [0.15, 0.2) is 0 Å². The van der Waals surface area contributed by atoms with Crippen LogP contribution in [0.3, 0.4) is 0 Å². The Morgan fingerprint density at radius 2 is 1.33 bits per heavy atom. The molecule has 0 spiro atoms. The van der Waals surface area contributed by atoms with Gasteiger partial charge in [0.05, 0.1) is 39.6 Å². The normalized spacial score (nSPS) is 20.3. The summed E-state index contributed by atoms with van der Waals surface area (Å²) in [7, 11) is 0. The molecule has 1 fully saturated rings. The second-order valence-corrected chi connectivity index (χ2v) is 4.36. The van der Waals surface area contributed by atoms with E-state index < -0.39 is 6.10 Å². The van der Waals surface area contributed by atoms with E-state index in [4.69, 9.17) is 19.3 Å². The van der Waals surface area contributed by atoms with Crippen LogP contribution in [0.1, 0.15) is 11.1 Å². The topological polar surface area (TPSA) is 47.9 Å². The Morgan fingerprint density at radius 3 is 1.83 bits per heavy atom. The number of hydrogen-bond donors (Lipinski definition) is 1. The van der Waals surface area contributed by atoms with Crippen molar-refractivity contribution in [1.82, 2.24) is 0 Å². The number of aliphatic hydroxyl groups excluding tert-OH is 1. The fourth-order valence-electron chi connectivity index (χ4n) is 1.66. The second kappa shape index (κ2) is 7.48. The van der Waals surface area contributed by atoms with Gasteiger partial charge in [-0.3, -0.25) is 0 Å². The molecule has 0 radical (unpaired) electrons. The Labute approximate surface area is 107 Å². The van der Waals surface area contributed by atoms with Crippen LogP contribution in [0.25, 0.3) is 0 Å². The van der Waals surface area contributed by atoms with Gasteiger partial charge in [-0.2, -0.15) is 0 Å². The van der Waals surface area contributed by atoms with Gasteiger partial charge in [-0.15, -0.1) is 0 Å². The molecule has 2 aliphatic rings. The summed E-state index contributed by atoms with van der Waals surface area (Å²) in [6.07, 6.45) is 0.751. The highest BCUT2D eigenvalue weighted by Gasteiger charge is 2.12. The molecule has 0 saturated carbocycles. The van der Waals surface area contributed by atoms with Crippen molar-refractivity contribution < 1.29 is 19.3 Å². The SMILES string of the molecule is OC1COCCOCCOC1.c1ccc2c(c1)C2. The standard InChI is InChI=1S/C7H14O4.C7H6/c8-7-5-10-3-1-9-2-4-11-6-7;1-2-4-7-5-6(7)3-1/h7-8H,1-6H2;1-4H,5H2. The highest BCUT2D eigenvalue weighted by atomic mass is 16.6. The van der Waals surface area contributed by atoms with Crippen LogP contribution in [0.2, 0.25) is 0 Å². The van der Waals surface area contributed by atoms with Crippen LogP contribution in [-0.4, -0.2) is 50.9 Å². The van der Waals surface area contributed by atoms with E-state index in [1.165, 1.54) is 17.5 Å². The Kier molecular flexibility index (Phi) is 5.61. The van der Waals surface area contributed by atoms with E-state index in [0.29, 0.717) is 39.6 Å². The third-order valence-electron chi connectivity index (χ3n) is 2.74. The zero-order chi connectivity index (χ0) is 12.6. The smallest absolute Gasteiger partial charge is 0.101 e. The molecule has 100 valence electrons. The number of benzene rings is 1. The summed E-state index contributed by atoms with van der Waals surface area (Å²) in [5.41, 5.74) is 3.06. The van der Waals surface area contributed by atoms with Gasteiger partial charge in [-0.05, 0) is 17.5 Å². The molecule has 1 aromatic rings. The molecule has 0 aromatic heterocycles. The van der Waals surface area contributed by atoms with E-state index in [2.05, 4.69) is 24.3 Å². The molecule has 1 aliphatic carbocycles. The Hall–Kier alpha value is -0.940. The fourth-order valence-corrected chi connectivity index (χ4v) is 1.66. The van der Waals surface area contributed by atoms with Crippen molar-refractivity contribution in [3.8, 4) is 0 Å². The Bertz CT molecular complexity index is 322. The van der Waals surface area contributed by atoms with E-state index in [9.17, 15) is 0 Å². The molecule has 4 nitrogen and oxygen atoms in total. The van der Waals surface area contributed by atoms with E-state index >= 15 is 0 Å². The number of rotatable bonds is 0. The lowest BCUT2D eigenvalue weighted by molar-refractivity contribution is -0.0627. The lowest BCUT2D eigenvalue weighted by Gasteiger charge is -2.14. The lowest BCUT2D eigenvalue weighted by Crippen LogP contribution is -2.25. The maximum atomic E-state index is 9.14. The van der Waals surface area contributed by atoms with Gasteiger partial charge < -0.3 is 19.3 Å². The van der Waals surface area contributed by atoms with E-state index in [1.54, 1.807) is 0 Å². The zero-order valence-electron chi connectivity index (χ0n) is 10.5. The number of aliphatic hydroxyl groups is 1. The van der Waals surface area contributed by atoms with Crippen LogP contribution in [0.5, 0.6) is 0 Å². The number of fused-ring (bicyclic) bond motifs is 1. The number of ether oxygens (including phenoxy) is 3. The average molecular weight is 252 g/mol. The predicted octanol–water partition coefficient (Wildman–Crippen LogP) is 1.00. The molecule has 0 amide bonds. The van der Waals surface area contributed by atoms with Crippen LogP contribution in [0, 0.1) is 0 Å². The van der Waals surface area contributed by atoms with Gasteiger partial charge >= 0.3 is 0 Å². The van der Waals surface area contributed by atoms with Crippen LogP contribution in [0.15, 0.2) is 24.3 Å². The van der Waals surface area contributed by atoms with Gasteiger partial charge in [0, 0.05) is 0 Å². The van der Waals surface area contributed by atoms with Crippen LogP contribution < -0.4 is 0 Å². The lowest BCUT2D eigenvalue weighted by atomic mass is 10.4. The van der Waals surface area contributed by atoms with Crippen molar-refractivity contribution in [2.75, 3.05) is 39.6 Å². The van der Waals surface area contributed by atoms with Crippen molar-refractivity contribution in [3.63, 3.8) is 0 Å². The van der Waals surface area contributed by atoms with Crippen LogP contribution in [0.4, 0.5) is 0 Å². The first-order chi connectivity index (χ1) is 8.86. The molecule has 1 aliphatic heterocycles. The van der Waals surface area contributed by atoms with E-state index in [-0.39, 0.29) is 0 Å². The summed E-state index contributed by atoms with van der Waals surface area (Å²) < 4.78 is 15.2. The minimum Gasteiger partial charge on any atom is -0.388 e. The van der Waals surface area contributed by atoms with Gasteiger partial charge in [-0.1, -0.05) is 24.3 Å². The van der Waals surface area contributed by atoms with Crippen LogP contribution in [-0.2, 0) is 20.6 Å². The van der Waals surface area contributed by atoms with Crippen LogP contribution >= 0.6 is 0 Å². The molecule has 3 rings (SSSR count). The molecule has 1 aromatic carbocycles. The predicted molar refractivity (Wildman–Crippen MR) is 67.7 cm³/mol. The molecule has 0 bridgehead atoms. The first-order valence-electron chi connectivity index (χ1n) is 6.34. The first-order valence-corrected chi connectivity index (χ1v) is 6.34. The van der Waals surface area contributed by atoms with Gasteiger partial charge in [0.1, 0.15) is 6.10 Å². The maximum absolute atomic E-state index is 9.14. The summed E-state index contributed by atoms with van der Waals surface area (Å²) in [5, 5.41) is 9.14. The van der Waals surface area contributed by atoms with Crippen molar-refractivity contribution in [2.45, 2.75) is 12.5 Å². The summed E-state index contributed by atoms with van der Waals surface area (Å²) in [5.74, 6) is 0. The quantitative estimate of drug-likeness (QED) is 0.760. The Morgan fingerprint density at radius 1 is 0.833 bits per heavy atom. The molecule has 0 atom stereocenters. The Balaban J connectivity index is 0.000000146. The second-order valence-electron chi connectivity index (χ2n) is 4.36. The monoisotopic (exact) mass is 252 g/mol. The minimum atomic E-state index is -0.493. The van der Waals surface area contributed by atoms with Crippen molar-refractivity contribution in [3.05, 3.63) is 35.4 Å². The third-order valence-corrected chi connectivity index (χ3v) is 2.74.